The van der Waals surface area contributed by atoms with Crippen molar-refractivity contribution >= 4 is 0 Å². The molecule has 0 saturated heterocycles. The number of hydrogen-bond donors (Lipinski definition) is 2. The fourth-order valence-corrected chi connectivity index (χ4v) is 1.18. The monoisotopic (exact) mass is 202 g/mol. The molecule has 14 heavy (non-hydrogen) atoms. The first-order valence-corrected chi connectivity index (χ1v) is 5.41. The molecule has 0 aromatic rings. The SMILES string of the molecule is CC(C)(C)[C@H](O)CC[C@@H](O)C(C)(C)C. The lowest BCUT2D eigenvalue weighted by Gasteiger charge is -2.30. The molecular weight excluding hydrogens is 176 g/mol. The van der Waals surface area contributed by atoms with Crippen molar-refractivity contribution in [2.45, 2.75) is 66.6 Å². The number of rotatable bonds is 3. The number of aliphatic hydroxyl groups excluding tert-OH is 2. The topological polar surface area (TPSA) is 40.5 Å². The molecule has 0 heterocycles. The van der Waals surface area contributed by atoms with Crippen LogP contribution in [0.3, 0.4) is 0 Å². The van der Waals surface area contributed by atoms with Crippen molar-refractivity contribution < 1.29 is 10.2 Å². The molecule has 0 unspecified atom stereocenters. The Morgan fingerprint density at radius 3 is 1.07 bits per heavy atom. The van der Waals surface area contributed by atoms with E-state index >= 15 is 0 Å². The molecule has 0 aliphatic heterocycles. The van der Waals surface area contributed by atoms with Crippen molar-refractivity contribution in [2.75, 3.05) is 0 Å². The van der Waals surface area contributed by atoms with Gasteiger partial charge in [0.2, 0.25) is 0 Å². The summed E-state index contributed by atoms with van der Waals surface area (Å²) in [6, 6.07) is 0. The van der Waals surface area contributed by atoms with Gasteiger partial charge in [-0.1, -0.05) is 41.5 Å². The van der Waals surface area contributed by atoms with Gasteiger partial charge in [0.1, 0.15) is 0 Å². The van der Waals surface area contributed by atoms with Gasteiger partial charge in [-0.2, -0.15) is 0 Å². The molecule has 0 saturated carbocycles. The molecule has 2 atom stereocenters. The van der Waals surface area contributed by atoms with Gasteiger partial charge in [-0.25, -0.2) is 0 Å². The summed E-state index contributed by atoms with van der Waals surface area (Å²) >= 11 is 0. The second-order valence-electron chi connectivity index (χ2n) is 6.34. The third-order valence-corrected chi connectivity index (χ3v) is 2.71. The van der Waals surface area contributed by atoms with Gasteiger partial charge in [0, 0.05) is 0 Å². The normalized spacial score (nSPS) is 18.0. The van der Waals surface area contributed by atoms with Gasteiger partial charge >= 0.3 is 0 Å². The maximum Gasteiger partial charge on any atom is 0.0589 e. The van der Waals surface area contributed by atoms with Gasteiger partial charge in [0.15, 0.2) is 0 Å². The second-order valence-corrected chi connectivity index (χ2v) is 6.34. The quantitative estimate of drug-likeness (QED) is 0.738. The van der Waals surface area contributed by atoms with Crippen LogP contribution in [0.15, 0.2) is 0 Å². The van der Waals surface area contributed by atoms with Gasteiger partial charge in [0.25, 0.3) is 0 Å². The standard InChI is InChI=1S/C12H26O2/c1-11(2,3)9(13)7-8-10(14)12(4,5)6/h9-10,13-14H,7-8H2,1-6H3/t9-,10-/m1/s1. The molecule has 0 fully saturated rings. The van der Waals surface area contributed by atoms with Crippen LogP contribution in [0.25, 0.3) is 0 Å². The van der Waals surface area contributed by atoms with Crippen LogP contribution in [-0.2, 0) is 0 Å². The fourth-order valence-electron chi connectivity index (χ4n) is 1.18. The van der Waals surface area contributed by atoms with Crippen LogP contribution in [0.5, 0.6) is 0 Å². The first kappa shape index (κ1) is 13.9. The van der Waals surface area contributed by atoms with Crippen LogP contribution in [0.1, 0.15) is 54.4 Å². The molecule has 86 valence electrons. The van der Waals surface area contributed by atoms with E-state index in [1.165, 1.54) is 0 Å². The third-order valence-electron chi connectivity index (χ3n) is 2.71. The Bertz CT molecular complexity index is 142. The van der Waals surface area contributed by atoms with E-state index in [-0.39, 0.29) is 23.0 Å². The predicted molar refractivity (Wildman–Crippen MR) is 60.2 cm³/mol. The largest absolute Gasteiger partial charge is 0.393 e. The maximum absolute atomic E-state index is 9.79. The highest BCUT2D eigenvalue weighted by Gasteiger charge is 2.26. The van der Waals surface area contributed by atoms with E-state index in [2.05, 4.69) is 0 Å². The van der Waals surface area contributed by atoms with E-state index in [4.69, 9.17) is 0 Å². The molecule has 0 aliphatic carbocycles. The van der Waals surface area contributed by atoms with Crippen molar-refractivity contribution in [2.24, 2.45) is 10.8 Å². The minimum Gasteiger partial charge on any atom is -0.393 e. The summed E-state index contributed by atoms with van der Waals surface area (Å²) in [6.45, 7) is 12.1. The Balaban J connectivity index is 3.96. The van der Waals surface area contributed by atoms with Gasteiger partial charge < -0.3 is 10.2 Å². The zero-order valence-corrected chi connectivity index (χ0v) is 10.5. The molecule has 0 amide bonds. The van der Waals surface area contributed by atoms with Crippen LogP contribution >= 0.6 is 0 Å². The zero-order valence-electron chi connectivity index (χ0n) is 10.5. The minimum atomic E-state index is -0.334. The predicted octanol–water partition coefficient (Wildman–Crippen LogP) is 2.58. The Hall–Kier alpha value is -0.0800. The van der Waals surface area contributed by atoms with E-state index in [9.17, 15) is 10.2 Å². The minimum absolute atomic E-state index is 0.0857. The van der Waals surface area contributed by atoms with E-state index in [1.54, 1.807) is 0 Å². The van der Waals surface area contributed by atoms with Gasteiger partial charge in [-0.15, -0.1) is 0 Å². The number of aliphatic hydroxyl groups is 2. The summed E-state index contributed by atoms with van der Waals surface area (Å²) in [5.41, 5.74) is -0.171. The van der Waals surface area contributed by atoms with Crippen LogP contribution in [0.2, 0.25) is 0 Å². The second kappa shape index (κ2) is 4.63. The average molecular weight is 202 g/mol. The smallest absolute Gasteiger partial charge is 0.0589 e. The Labute approximate surface area is 88.3 Å². The first-order chi connectivity index (χ1) is 6.05. The number of hydrogen-bond acceptors (Lipinski definition) is 2. The Morgan fingerprint density at radius 1 is 0.714 bits per heavy atom. The summed E-state index contributed by atoms with van der Waals surface area (Å²) < 4.78 is 0. The van der Waals surface area contributed by atoms with Crippen molar-refractivity contribution in [3.8, 4) is 0 Å². The molecule has 2 heteroatoms. The van der Waals surface area contributed by atoms with Crippen LogP contribution in [0.4, 0.5) is 0 Å². The summed E-state index contributed by atoms with van der Waals surface area (Å²) in [5.74, 6) is 0. The molecule has 0 aromatic carbocycles. The highest BCUT2D eigenvalue weighted by atomic mass is 16.3. The molecule has 0 rings (SSSR count). The highest BCUT2D eigenvalue weighted by Crippen LogP contribution is 2.27. The summed E-state index contributed by atoms with van der Waals surface area (Å²) in [6.07, 6.45) is 0.670. The first-order valence-electron chi connectivity index (χ1n) is 5.41. The summed E-state index contributed by atoms with van der Waals surface area (Å²) in [5, 5.41) is 19.6. The van der Waals surface area contributed by atoms with Crippen molar-refractivity contribution in [1.29, 1.82) is 0 Å². The molecule has 2 N–H and O–H groups in total. The summed E-state index contributed by atoms with van der Waals surface area (Å²) in [7, 11) is 0. The molecule has 0 radical (unpaired) electrons. The lowest BCUT2D eigenvalue weighted by Crippen LogP contribution is -2.31. The average Bonchev–Trinajstić information content (AvgIpc) is 1.95. The summed E-state index contributed by atoms with van der Waals surface area (Å²) in [4.78, 5) is 0. The molecule has 2 nitrogen and oxygen atoms in total. The van der Waals surface area contributed by atoms with E-state index in [0.29, 0.717) is 12.8 Å². The van der Waals surface area contributed by atoms with E-state index in [0.717, 1.165) is 0 Å². The third kappa shape index (κ3) is 4.97. The lowest BCUT2D eigenvalue weighted by atomic mass is 9.81. The van der Waals surface area contributed by atoms with Crippen LogP contribution in [0, 0.1) is 10.8 Å². The zero-order chi connectivity index (χ0) is 11.6. The molecule has 0 aliphatic rings. The fraction of sp³-hybridized carbons (Fsp3) is 1.00. The van der Waals surface area contributed by atoms with E-state index < -0.39 is 0 Å². The molecular formula is C12H26O2. The molecule has 0 aromatic heterocycles. The lowest BCUT2D eigenvalue weighted by molar-refractivity contribution is 0.0115. The van der Waals surface area contributed by atoms with Crippen molar-refractivity contribution in [3.63, 3.8) is 0 Å². The van der Waals surface area contributed by atoms with E-state index in [1.807, 2.05) is 41.5 Å². The van der Waals surface area contributed by atoms with Gasteiger partial charge in [-0.3, -0.25) is 0 Å². The Morgan fingerprint density at radius 2 is 0.929 bits per heavy atom. The van der Waals surface area contributed by atoms with Gasteiger partial charge in [-0.05, 0) is 23.7 Å². The Kier molecular flexibility index (Phi) is 4.60. The van der Waals surface area contributed by atoms with Crippen molar-refractivity contribution in [3.05, 3.63) is 0 Å². The van der Waals surface area contributed by atoms with Gasteiger partial charge in [0.05, 0.1) is 12.2 Å². The highest BCUT2D eigenvalue weighted by molar-refractivity contribution is 4.78. The maximum atomic E-state index is 9.79. The van der Waals surface area contributed by atoms with Crippen LogP contribution < -0.4 is 0 Å². The molecule has 0 bridgehead atoms. The van der Waals surface area contributed by atoms with Crippen LogP contribution in [-0.4, -0.2) is 22.4 Å². The van der Waals surface area contributed by atoms with Crippen molar-refractivity contribution in [1.82, 2.24) is 0 Å². The molecule has 0 spiro atoms.